The van der Waals surface area contributed by atoms with Crippen LogP contribution in [0, 0.1) is 0 Å². The van der Waals surface area contributed by atoms with Crippen LogP contribution in [0.4, 0.5) is 5.82 Å². The van der Waals surface area contributed by atoms with Crippen molar-refractivity contribution < 1.29 is 0 Å². The lowest BCUT2D eigenvalue weighted by atomic mass is 10.4. The number of anilines is 1. The number of aryl methyl sites for hydroxylation is 1. The Morgan fingerprint density at radius 1 is 1.24 bits per heavy atom. The number of pyridine rings is 1. The Labute approximate surface area is 105 Å². The van der Waals surface area contributed by atoms with E-state index in [2.05, 4.69) is 27.2 Å². The average Bonchev–Trinajstić information content (AvgIpc) is 2.39. The predicted octanol–water partition coefficient (Wildman–Crippen LogP) is 2.63. The van der Waals surface area contributed by atoms with Gasteiger partial charge < -0.3 is 5.32 Å². The Morgan fingerprint density at radius 3 is 2.65 bits per heavy atom. The summed E-state index contributed by atoms with van der Waals surface area (Å²) in [6, 6.07) is 5.89. The largest absolute Gasteiger partial charge is 0.373 e. The van der Waals surface area contributed by atoms with Crippen molar-refractivity contribution in [3.8, 4) is 0 Å². The van der Waals surface area contributed by atoms with Gasteiger partial charge in [-0.15, -0.1) is 0 Å². The van der Waals surface area contributed by atoms with Gasteiger partial charge in [-0.25, -0.2) is 9.97 Å². The Hall–Kier alpha value is -1.62. The van der Waals surface area contributed by atoms with E-state index in [4.69, 9.17) is 0 Å². The zero-order chi connectivity index (χ0) is 12.1. The number of aromatic nitrogens is 3. The summed E-state index contributed by atoms with van der Waals surface area (Å²) >= 11 is 1.62. The van der Waals surface area contributed by atoms with E-state index in [1.807, 2.05) is 25.2 Å². The van der Waals surface area contributed by atoms with Gasteiger partial charge in [0.25, 0.3) is 0 Å². The second-order valence-corrected chi connectivity index (χ2v) is 4.49. The van der Waals surface area contributed by atoms with Crippen molar-refractivity contribution in [3.05, 3.63) is 36.4 Å². The first-order valence-corrected chi connectivity index (χ1v) is 6.27. The van der Waals surface area contributed by atoms with E-state index in [-0.39, 0.29) is 0 Å². The molecule has 88 valence electrons. The lowest BCUT2D eigenvalue weighted by Crippen LogP contribution is -2.00. The highest BCUT2D eigenvalue weighted by atomic mass is 32.2. The third kappa shape index (κ3) is 3.17. The molecule has 0 saturated heterocycles. The van der Waals surface area contributed by atoms with Crippen LogP contribution in [0.1, 0.15) is 12.7 Å². The van der Waals surface area contributed by atoms with E-state index in [0.29, 0.717) is 0 Å². The van der Waals surface area contributed by atoms with Gasteiger partial charge in [0.05, 0.1) is 0 Å². The van der Waals surface area contributed by atoms with Crippen LogP contribution in [0.3, 0.4) is 0 Å². The summed E-state index contributed by atoms with van der Waals surface area (Å²) < 4.78 is 0. The van der Waals surface area contributed by atoms with E-state index in [1.165, 1.54) is 0 Å². The van der Waals surface area contributed by atoms with Crippen LogP contribution in [-0.4, -0.2) is 22.0 Å². The number of rotatable bonds is 4. The fraction of sp³-hybridized carbons (Fsp3) is 0.250. The van der Waals surface area contributed by atoms with Crippen LogP contribution < -0.4 is 5.32 Å². The highest BCUT2D eigenvalue weighted by Gasteiger charge is 2.04. The van der Waals surface area contributed by atoms with Gasteiger partial charge in [-0.3, -0.25) is 4.98 Å². The zero-order valence-corrected chi connectivity index (χ0v) is 10.7. The molecular weight excluding hydrogens is 232 g/mol. The lowest BCUT2D eigenvalue weighted by molar-refractivity contribution is 0.891. The topological polar surface area (TPSA) is 50.7 Å². The molecule has 0 amide bonds. The van der Waals surface area contributed by atoms with Crippen LogP contribution in [0.2, 0.25) is 0 Å². The number of hydrogen-bond acceptors (Lipinski definition) is 5. The average molecular weight is 246 g/mol. The molecule has 0 aliphatic heterocycles. The van der Waals surface area contributed by atoms with Gasteiger partial charge >= 0.3 is 0 Å². The molecule has 0 atom stereocenters. The molecule has 2 rings (SSSR count). The smallest absolute Gasteiger partial charge is 0.131 e. The van der Waals surface area contributed by atoms with Gasteiger partial charge in [-0.2, -0.15) is 0 Å². The number of hydrogen-bond donors (Lipinski definition) is 1. The number of nitrogens with zero attached hydrogens (tertiary/aromatic N) is 3. The van der Waals surface area contributed by atoms with E-state index in [9.17, 15) is 0 Å². The third-order valence-corrected chi connectivity index (χ3v) is 3.12. The standard InChI is InChI=1S/C12H14N4S/c1-3-10-15-11(13-2)8-12(16-10)17-9-4-6-14-7-5-9/h4-8H,3H2,1-2H3,(H,13,15,16). The molecule has 0 unspecified atom stereocenters. The molecule has 1 N–H and O–H groups in total. The van der Waals surface area contributed by atoms with Crippen LogP contribution >= 0.6 is 11.8 Å². The molecule has 5 heteroatoms. The first-order valence-electron chi connectivity index (χ1n) is 5.45. The molecule has 0 aromatic carbocycles. The van der Waals surface area contributed by atoms with Gasteiger partial charge in [0.1, 0.15) is 16.7 Å². The molecule has 4 nitrogen and oxygen atoms in total. The maximum absolute atomic E-state index is 4.49. The minimum atomic E-state index is 0.833. The Kier molecular flexibility index (Phi) is 3.93. The SMILES string of the molecule is CCc1nc(NC)cc(Sc2ccncc2)n1. The van der Waals surface area contributed by atoms with Crippen molar-refractivity contribution in [3.63, 3.8) is 0 Å². The van der Waals surface area contributed by atoms with Crippen molar-refractivity contribution >= 4 is 17.6 Å². The third-order valence-electron chi connectivity index (χ3n) is 2.19. The summed E-state index contributed by atoms with van der Waals surface area (Å²) in [6.07, 6.45) is 4.39. The van der Waals surface area contributed by atoms with Gasteiger partial charge in [-0.05, 0) is 12.1 Å². The maximum Gasteiger partial charge on any atom is 0.131 e. The van der Waals surface area contributed by atoms with Crippen LogP contribution in [0.25, 0.3) is 0 Å². The summed E-state index contributed by atoms with van der Waals surface area (Å²) in [7, 11) is 1.86. The van der Waals surface area contributed by atoms with Crippen molar-refractivity contribution in [1.82, 2.24) is 15.0 Å². The van der Waals surface area contributed by atoms with Gasteiger partial charge in [0.15, 0.2) is 0 Å². The molecule has 0 aliphatic rings. The maximum atomic E-state index is 4.49. The summed E-state index contributed by atoms with van der Waals surface area (Å²) in [5.74, 6) is 1.71. The highest BCUT2D eigenvalue weighted by Crippen LogP contribution is 2.26. The summed E-state index contributed by atoms with van der Waals surface area (Å²) in [5, 5.41) is 4.00. The molecule has 0 bridgehead atoms. The minimum absolute atomic E-state index is 0.833. The summed E-state index contributed by atoms with van der Waals surface area (Å²) in [5.41, 5.74) is 0. The van der Waals surface area contributed by atoms with Crippen LogP contribution in [-0.2, 0) is 6.42 Å². The molecule has 0 spiro atoms. The molecule has 0 saturated carbocycles. The van der Waals surface area contributed by atoms with E-state index < -0.39 is 0 Å². The first-order chi connectivity index (χ1) is 8.31. The minimum Gasteiger partial charge on any atom is -0.373 e. The zero-order valence-electron chi connectivity index (χ0n) is 9.84. The molecule has 2 heterocycles. The second kappa shape index (κ2) is 5.63. The molecule has 0 radical (unpaired) electrons. The molecule has 2 aromatic rings. The normalized spacial score (nSPS) is 10.2. The Bertz CT molecular complexity index is 465. The summed E-state index contributed by atoms with van der Waals surface area (Å²) in [6.45, 7) is 2.05. The van der Waals surface area contributed by atoms with E-state index >= 15 is 0 Å². The fourth-order valence-corrected chi connectivity index (χ4v) is 2.16. The Morgan fingerprint density at radius 2 is 2.00 bits per heavy atom. The quantitative estimate of drug-likeness (QED) is 0.840. The van der Waals surface area contributed by atoms with Crippen LogP contribution in [0.15, 0.2) is 40.5 Å². The van der Waals surface area contributed by atoms with Crippen molar-refractivity contribution in [2.45, 2.75) is 23.3 Å². The lowest BCUT2D eigenvalue weighted by Gasteiger charge is -2.06. The van der Waals surface area contributed by atoms with Crippen molar-refractivity contribution in [1.29, 1.82) is 0 Å². The van der Waals surface area contributed by atoms with Crippen molar-refractivity contribution in [2.75, 3.05) is 12.4 Å². The van der Waals surface area contributed by atoms with E-state index in [0.717, 1.165) is 28.0 Å². The van der Waals surface area contributed by atoms with E-state index in [1.54, 1.807) is 24.2 Å². The van der Waals surface area contributed by atoms with Gasteiger partial charge in [0.2, 0.25) is 0 Å². The van der Waals surface area contributed by atoms with Crippen LogP contribution in [0.5, 0.6) is 0 Å². The highest BCUT2D eigenvalue weighted by molar-refractivity contribution is 7.99. The monoisotopic (exact) mass is 246 g/mol. The second-order valence-electron chi connectivity index (χ2n) is 3.40. The molecule has 0 aliphatic carbocycles. The van der Waals surface area contributed by atoms with Gasteiger partial charge in [-0.1, -0.05) is 18.7 Å². The predicted molar refractivity (Wildman–Crippen MR) is 69.3 cm³/mol. The van der Waals surface area contributed by atoms with Crippen molar-refractivity contribution in [2.24, 2.45) is 0 Å². The Balaban J connectivity index is 2.26. The summed E-state index contributed by atoms with van der Waals surface area (Å²) in [4.78, 5) is 14.0. The molecular formula is C12H14N4S. The first kappa shape index (κ1) is 11.9. The fourth-order valence-electron chi connectivity index (χ4n) is 1.34. The molecule has 0 fully saturated rings. The molecule has 2 aromatic heterocycles. The molecule has 17 heavy (non-hydrogen) atoms. The van der Waals surface area contributed by atoms with Gasteiger partial charge in [0, 0.05) is 36.8 Å². The number of nitrogens with one attached hydrogen (secondary N) is 1.